The van der Waals surface area contributed by atoms with Crippen LogP contribution in [0.25, 0.3) is 11.1 Å². The van der Waals surface area contributed by atoms with Gasteiger partial charge in [0.1, 0.15) is 0 Å². The predicted octanol–water partition coefficient (Wildman–Crippen LogP) is 5.00. The average Bonchev–Trinajstić information content (AvgIpc) is 3.48. The van der Waals surface area contributed by atoms with Crippen molar-refractivity contribution in [2.45, 2.75) is 46.1 Å². The quantitative estimate of drug-likeness (QED) is 0.148. The fraction of sp³-hybridized carbons (Fsp3) is 0.324. The van der Waals surface area contributed by atoms with Crippen LogP contribution >= 0.6 is 0 Å². The normalized spacial score (nSPS) is 12.9. The van der Waals surface area contributed by atoms with Crippen molar-refractivity contribution in [3.63, 3.8) is 0 Å². The van der Waals surface area contributed by atoms with Crippen molar-refractivity contribution in [2.75, 3.05) is 35.6 Å². The number of amides is 2. The second kappa shape index (κ2) is 14.1. The summed E-state index contributed by atoms with van der Waals surface area (Å²) in [5, 5.41) is 10.5. The predicted molar refractivity (Wildman–Crippen MR) is 176 cm³/mol. The van der Waals surface area contributed by atoms with Crippen molar-refractivity contribution in [2.24, 2.45) is 0 Å². The zero-order valence-corrected chi connectivity index (χ0v) is 26.4. The van der Waals surface area contributed by atoms with Crippen molar-refractivity contribution < 1.29 is 22.6 Å². The summed E-state index contributed by atoms with van der Waals surface area (Å²) in [6.45, 7) is 5.90. The zero-order chi connectivity index (χ0) is 32.0. The maximum atomic E-state index is 13.3. The highest BCUT2D eigenvalue weighted by molar-refractivity contribution is 7.85. The Balaban J connectivity index is 1.22. The van der Waals surface area contributed by atoms with Crippen molar-refractivity contribution in [1.82, 2.24) is 15.1 Å². The molecule has 0 spiro atoms. The van der Waals surface area contributed by atoms with E-state index in [9.17, 15) is 18.0 Å². The third kappa shape index (κ3) is 8.17. The molecule has 5 rings (SSSR count). The smallest absolute Gasteiger partial charge is 0.266 e. The van der Waals surface area contributed by atoms with E-state index < -0.39 is 21.8 Å². The molecule has 3 aromatic carbocycles. The number of carbonyl (C=O) groups is 2. The molecule has 4 aromatic rings. The molecule has 0 saturated heterocycles. The van der Waals surface area contributed by atoms with Crippen molar-refractivity contribution >= 4 is 33.3 Å². The van der Waals surface area contributed by atoms with Gasteiger partial charge in [-0.3, -0.25) is 18.8 Å². The summed E-state index contributed by atoms with van der Waals surface area (Å²) >= 11 is 0. The third-order valence-corrected chi connectivity index (χ3v) is 8.88. The minimum atomic E-state index is -4.15. The number of nitrogens with zero attached hydrogens (tertiary/aromatic N) is 3. The lowest BCUT2D eigenvalue weighted by Gasteiger charge is -2.31. The van der Waals surface area contributed by atoms with E-state index in [1.807, 2.05) is 41.6 Å². The lowest BCUT2D eigenvalue weighted by Crippen LogP contribution is -2.35. The van der Waals surface area contributed by atoms with E-state index in [1.54, 1.807) is 22.9 Å². The number of carbonyl (C=O) groups excluding carboxylic acids is 2. The number of nitrogens with one attached hydrogen (secondary N) is 2. The molecule has 3 N–H and O–H groups in total. The molecule has 10 nitrogen and oxygen atoms in total. The maximum absolute atomic E-state index is 13.3. The van der Waals surface area contributed by atoms with Gasteiger partial charge in [-0.25, -0.2) is 0 Å². The molecular weight excluding hydrogens is 590 g/mol. The van der Waals surface area contributed by atoms with Gasteiger partial charge in [0, 0.05) is 54.8 Å². The maximum Gasteiger partial charge on any atom is 0.266 e. The highest BCUT2D eigenvalue weighted by Gasteiger charge is 2.24. The number of benzene rings is 3. The first-order chi connectivity index (χ1) is 21.6. The summed E-state index contributed by atoms with van der Waals surface area (Å²) in [4.78, 5) is 27.7. The molecule has 0 unspecified atom stereocenters. The molecule has 11 heteroatoms. The molecule has 1 aliphatic heterocycles. The second-order valence-electron chi connectivity index (χ2n) is 11.4. The standard InChI is InChI=1S/C34H39N5O5S/c1-24-8-3-13-31(25(24)2)35-16-6-15-33(40)39-18-7-12-30-29(11-5-14-32(30)39)28-21-37-38(23-28)22-26-9-4-10-27(20-26)34(41)36-17-19-45(42,43)44/h3-5,8-11,13-14,20-21,23,35H,6-7,12,15-19,22H2,1-2H3,(H,36,41)(H,42,43,44). The number of rotatable bonds is 12. The molecule has 1 aromatic heterocycles. The van der Waals surface area contributed by atoms with Crippen LogP contribution in [0.15, 0.2) is 73.1 Å². The fourth-order valence-corrected chi connectivity index (χ4v) is 6.04. The van der Waals surface area contributed by atoms with Gasteiger partial charge in [0.05, 0.1) is 18.5 Å². The minimum absolute atomic E-state index is 0.133. The highest BCUT2D eigenvalue weighted by Crippen LogP contribution is 2.36. The van der Waals surface area contributed by atoms with Gasteiger partial charge in [-0.2, -0.15) is 13.5 Å². The Morgan fingerprint density at radius 1 is 1.02 bits per heavy atom. The van der Waals surface area contributed by atoms with E-state index in [2.05, 4.69) is 47.8 Å². The Bertz CT molecular complexity index is 1800. The van der Waals surface area contributed by atoms with Crippen LogP contribution in [0.2, 0.25) is 0 Å². The van der Waals surface area contributed by atoms with Gasteiger partial charge in [-0.05, 0) is 85.2 Å². The summed E-state index contributed by atoms with van der Waals surface area (Å²) in [5.74, 6) is -0.835. The third-order valence-electron chi connectivity index (χ3n) is 8.16. The van der Waals surface area contributed by atoms with Crippen LogP contribution in [-0.4, -0.2) is 60.0 Å². The first-order valence-electron chi connectivity index (χ1n) is 15.2. The lowest BCUT2D eigenvalue weighted by molar-refractivity contribution is -0.118. The molecule has 45 heavy (non-hydrogen) atoms. The molecule has 2 amide bonds. The summed E-state index contributed by atoms with van der Waals surface area (Å²) in [6.07, 6.45) is 6.78. The number of aryl methyl sites for hydroxylation is 1. The van der Waals surface area contributed by atoms with Gasteiger partial charge in [-0.1, -0.05) is 36.4 Å². The Kier molecular flexibility index (Phi) is 9.99. The summed E-state index contributed by atoms with van der Waals surface area (Å²) in [6, 6.07) is 19.3. The Morgan fingerprint density at radius 2 is 1.82 bits per heavy atom. The Morgan fingerprint density at radius 3 is 2.64 bits per heavy atom. The molecule has 2 heterocycles. The fourth-order valence-electron chi connectivity index (χ4n) is 5.68. The van der Waals surface area contributed by atoms with Gasteiger partial charge in [0.15, 0.2) is 0 Å². The van der Waals surface area contributed by atoms with E-state index in [1.165, 1.54) is 11.1 Å². The minimum Gasteiger partial charge on any atom is -0.385 e. The number of anilines is 2. The largest absolute Gasteiger partial charge is 0.385 e. The van der Waals surface area contributed by atoms with Crippen LogP contribution in [-0.2, 0) is 27.9 Å². The van der Waals surface area contributed by atoms with Crippen molar-refractivity contribution in [3.05, 3.63) is 101 Å². The molecule has 0 radical (unpaired) electrons. The van der Waals surface area contributed by atoms with Gasteiger partial charge >= 0.3 is 0 Å². The molecule has 0 fully saturated rings. The van der Waals surface area contributed by atoms with Crippen LogP contribution in [0.5, 0.6) is 0 Å². The van der Waals surface area contributed by atoms with E-state index in [-0.39, 0.29) is 12.5 Å². The summed E-state index contributed by atoms with van der Waals surface area (Å²) in [7, 11) is -4.15. The van der Waals surface area contributed by atoms with Crippen LogP contribution in [0, 0.1) is 13.8 Å². The van der Waals surface area contributed by atoms with Crippen molar-refractivity contribution in [3.8, 4) is 11.1 Å². The number of hydrogen-bond donors (Lipinski definition) is 3. The number of fused-ring (bicyclic) bond motifs is 1. The lowest BCUT2D eigenvalue weighted by atomic mass is 9.93. The molecular formula is C34H39N5O5S. The number of aromatic nitrogens is 2. The molecule has 1 aliphatic rings. The first-order valence-corrected chi connectivity index (χ1v) is 16.8. The summed E-state index contributed by atoms with van der Waals surface area (Å²) in [5.41, 5.74) is 8.96. The van der Waals surface area contributed by atoms with Crippen LogP contribution < -0.4 is 15.5 Å². The Labute approximate surface area is 264 Å². The Hall–Kier alpha value is -4.48. The SMILES string of the molecule is Cc1cccc(NCCCC(=O)N2CCCc3c(-c4cnn(Cc5cccc(C(=O)NCCS(=O)(=O)O)c5)c4)cccc32)c1C. The van der Waals surface area contributed by atoms with Crippen molar-refractivity contribution in [1.29, 1.82) is 0 Å². The second-order valence-corrected chi connectivity index (χ2v) is 13.0. The van der Waals surface area contributed by atoms with Gasteiger partial charge in [-0.15, -0.1) is 0 Å². The van der Waals surface area contributed by atoms with Gasteiger partial charge in [0.25, 0.3) is 16.0 Å². The van der Waals surface area contributed by atoms with Crippen LogP contribution in [0.3, 0.4) is 0 Å². The highest BCUT2D eigenvalue weighted by atomic mass is 32.2. The molecule has 0 saturated carbocycles. The van der Waals surface area contributed by atoms with Crippen LogP contribution in [0.4, 0.5) is 11.4 Å². The molecule has 0 atom stereocenters. The molecule has 236 valence electrons. The van der Waals surface area contributed by atoms with E-state index in [0.29, 0.717) is 25.1 Å². The van der Waals surface area contributed by atoms with E-state index in [4.69, 9.17) is 4.55 Å². The average molecular weight is 630 g/mol. The van der Waals surface area contributed by atoms with E-state index >= 15 is 0 Å². The topological polar surface area (TPSA) is 134 Å². The van der Waals surface area contributed by atoms with Gasteiger partial charge < -0.3 is 15.5 Å². The van der Waals surface area contributed by atoms with E-state index in [0.717, 1.165) is 59.4 Å². The molecule has 0 bridgehead atoms. The monoisotopic (exact) mass is 629 g/mol. The molecule has 0 aliphatic carbocycles. The van der Waals surface area contributed by atoms with Crippen LogP contribution in [0.1, 0.15) is 51.9 Å². The number of hydrogen-bond acceptors (Lipinski definition) is 6. The summed E-state index contributed by atoms with van der Waals surface area (Å²) < 4.78 is 32.5. The zero-order valence-electron chi connectivity index (χ0n) is 25.6. The first kappa shape index (κ1) is 31.9. The van der Waals surface area contributed by atoms with Gasteiger partial charge in [0.2, 0.25) is 5.91 Å².